The van der Waals surface area contributed by atoms with Crippen LogP contribution in [0.3, 0.4) is 0 Å². The standard InChI is InChI=1S/C18H17N6/c1-2-4-16-14(3-1)15(10-20-16)13-5-6-17-18(9-13)24(22-21-17)12-23-8-7-19-11-23/h1-6,9-10,12,19-20H,7-8,11H2/q+1. The maximum atomic E-state index is 4.28. The molecule has 0 atom stereocenters. The minimum Gasteiger partial charge on any atom is -0.361 e. The monoisotopic (exact) mass is 317 g/mol. The third-order valence-corrected chi connectivity index (χ3v) is 4.53. The molecule has 1 aliphatic heterocycles. The first kappa shape index (κ1) is 13.4. The Morgan fingerprint density at radius 3 is 3.04 bits per heavy atom. The van der Waals surface area contributed by atoms with Gasteiger partial charge in [-0.1, -0.05) is 28.9 Å². The van der Waals surface area contributed by atoms with Crippen molar-refractivity contribution in [2.75, 3.05) is 19.8 Å². The van der Waals surface area contributed by atoms with Crippen molar-refractivity contribution in [3.05, 3.63) is 48.7 Å². The number of fused-ring (bicyclic) bond motifs is 2. The molecule has 0 saturated carbocycles. The van der Waals surface area contributed by atoms with Crippen LogP contribution in [0.25, 0.3) is 33.1 Å². The second-order valence-electron chi connectivity index (χ2n) is 6.07. The fourth-order valence-corrected chi connectivity index (χ4v) is 3.28. The van der Waals surface area contributed by atoms with Crippen molar-refractivity contribution < 1.29 is 4.58 Å². The molecule has 6 heteroatoms. The zero-order valence-electron chi connectivity index (χ0n) is 13.1. The molecule has 2 aromatic heterocycles. The van der Waals surface area contributed by atoms with Crippen LogP contribution in [0.1, 0.15) is 0 Å². The second kappa shape index (κ2) is 5.28. The van der Waals surface area contributed by atoms with E-state index in [-0.39, 0.29) is 0 Å². The predicted octanol–water partition coefficient (Wildman–Crippen LogP) is 2.03. The number of hydrogen-bond donors (Lipinski definition) is 2. The van der Waals surface area contributed by atoms with E-state index in [1.807, 2.05) is 23.2 Å². The fourth-order valence-electron chi connectivity index (χ4n) is 3.28. The summed E-state index contributed by atoms with van der Waals surface area (Å²) in [6.07, 6.45) is 4.09. The van der Waals surface area contributed by atoms with Gasteiger partial charge < -0.3 is 4.98 Å². The molecule has 3 heterocycles. The molecule has 0 amide bonds. The fraction of sp³-hybridized carbons (Fsp3) is 0.167. The lowest BCUT2D eigenvalue weighted by Crippen LogP contribution is -2.16. The highest BCUT2D eigenvalue weighted by Crippen LogP contribution is 2.30. The maximum absolute atomic E-state index is 4.28. The van der Waals surface area contributed by atoms with Crippen LogP contribution in [0, 0.1) is 0 Å². The van der Waals surface area contributed by atoms with Gasteiger partial charge in [-0.2, -0.15) is 0 Å². The van der Waals surface area contributed by atoms with Gasteiger partial charge in [0.05, 0.1) is 6.54 Å². The summed E-state index contributed by atoms with van der Waals surface area (Å²) in [6, 6.07) is 14.6. The van der Waals surface area contributed by atoms with Crippen molar-refractivity contribution in [1.82, 2.24) is 25.3 Å². The third kappa shape index (κ3) is 2.11. The average Bonchev–Trinajstić information content (AvgIpc) is 3.35. The number of nitrogens with zero attached hydrogens (tertiary/aromatic N) is 4. The van der Waals surface area contributed by atoms with Gasteiger partial charge in [0.1, 0.15) is 12.2 Å². The molecule has 2 N–H and O–H groups in total. The van der Waals surface area contributed by atoms with Crippen LogP contribution < -0.4 is 5.32 Å². The number of rotatable bonds is 2. The van der Waals surface area contributed by atoms with Crippen LogP contribution in [0.4, 0.5) is 0 Å². The molecule has 0 bridgehead atoms. The largest absolute Gasteiger partial charge is 0.361 e. The Balaban J connectivity index is 1.66. The van der Waals surface area contributed by atoms with Gasteiger partial charge in [0.15, 0.2) is 5.52 Å². The molecule has 1 fully saturated rings. The lowest BCUT2D eigenvalue weighted by Gasteiger charge is -1.99. The third-order valence-electron chi connectivity index (χ3n) is 4.53. The smallest absolute Gasteiger partial charge is 0.268 e. The quantitative estimate of drug-likeness (QED) is 0.439. The molecule has 0 aliphatic carbocycles. The minimum atomic E-state index is 0.851. The molecule has 2 aromatic carbocycles. The number of hydrogen-bond acceptors (Lipinski definition) is 3. The van der Waals surface area contributed by atoms with E-state index in [4.69, 9.17) is 0 Å². The maximum Gasteiger partial charge on any atom is 0.268 e. The van der Waals surface area contributed by atoms with E-state index in [0.29, 0.717) is 0 Å². The SMILES string of the molecule is C(/n1nnc2ccc(-c3c[nH]c4ccccc34)cc21)=[N+]1/CCNC1. The zero-order valence-corrected chi connectivity index (χ0v) is 13.1. The summed E-state index contributed by atoms with van der Waals surface area (Å²) < 4.78 is 4.06. The van der Waals surface area contributed by atoms with Crippen LogP contribution in [-0.4, -0.2) is 50.7 Å². The highest BCUT2D eigenvalue weighted by molar-refractivity contribution is 5.97. The number of para-hydroxylation sites is 1. The van der Waals surface area contributed by atoms with Gasteiger partial charge >= 0.3 is 0 Å². The summed E-state index contributed by atoms with van der Waals surface area (Å²) in [7, 11) is 0. The first-order valence-electron chi connectivity index (χ1n) is 8.10. The number of benzene rings is 2. The molecule has 1 saturated heterocycles. The Kier molecular flexibility index (Phi) is 2.96. The van der Waals surface area contributed by atoms with Gasteiger partial charge in [-0.3, -0.25) is 9.89 Å². The van der Waals surface area contributed by atoms with Crippen molar-refractivity contribution in [1.29, 1.82) is 0 Å². The summed E-state index contributed by atoms with van der Waals surface area (Å²) in [5.74, 6) is 0. The Hall–Kier alpha value is -2.99. The molecule has 0 unspecified atom stereocenters. The summed E-state index contributed by atoms with van der Waals surface area (Å²) in [4.78, 5) is 3.34. The van der Waals surface area contributed by atoms with Gasteiger partial charge in [-0.15, -0.1) is 5.10 Å². The van der Waals surface area contributed by atoms with Gasteiger partial charge in [0, 0.05) is 34.4 Å². The predicted molar refractivity (Wildman–Crippen MR) is 94.3 cm³/mol. The van der Waals surface area contributed by atoms with E-state index in [0.717, 1.165) is 41.9 Å². The van der Waals surface area contributed by atoms with E-state index < -0.39 is 0 Å². The van der Waals surface area contributed by atoms with E-state index in [9.17, 15) is 0 Å². The highest BCUT2D eigenvalue weighted by atomic mass is 15.4. The summed E-state index contributed by atoms with van der Waals surface area (Å²) in [5, 5.41) is 13.1. The molecule has 118 valence electrons. The second-order valence-corrected chi connectivity index (χ2v) is 6.07. The van der Waals surface area contributed by atoms with Gasteiger partial charge in [-0.05, 0) is 23.8 Å². The molecular weight excluding hydrogens is 300 g/mol. The van der Waals surface area contributed by atoms with Gasteiger partial charge in [0.25, 0.3) is 6.34 Å². The van der Waals surface area contributed by atoms with Crippen molar-refractivity contribution >= 4 is 28.3 Å². The van der Waals surface area contributed by atoms with Crippen LogP contribution >= 0.6 is 0 Å². The van der Waals surface area contributed by atoms with Crippen molar-refractivity contribution in [2.24, 2.45) is 0 Å². The molecule has 0 radical (unpaired) electrons. The van der Waals surface area contributed by atoms with Gasteiger partial charge in [-0.25, -0.2) is 0 Å². The number of nitrogens with one attached hydrogen (secondary N) is 2. The molecule has 6 nitrogen and oxygen atoms in total. The van der Waals surface area contributed by atoms with E-state index in [1.165, 1.54) is 10.9 Å². The Labute approximate surface area is 138 Å². The summed E-state index contributed by atoms with van der Waals surface area (Å²) in [6.45, 7) is 2.84. The number of aromatic amines is 1. The molecular formula is C18H17N6+. The van der Waals surface area contributed by atoms with E-state index in [2.05, 4.69) is 61.7 Å². The zero-order chi connectivity index (χ0) is 15.9. The van der Waals surface area contributed by atoms with Crippen LogP contribution in [0.5, 0.6) is 0 Å². The van der Waals surface area contributed by atoms with Crippen molar-refractivity contribution in [3.8, 4) is 11.1 Å². The first-order chi connectivity index (χ1) is 11.9. The number of H-pyrrole nitrogens is 1. The van der Waals surface area contributed by atoms with Gasteiger partial charge in [0.2, 0.25) is 0 Å². The number of aromatic nitrogens is 4. The highest BCUT2D eigenvalue weighted by Gasteiger charge is 2.15. The molecule has 24 heavy (non-hydrogen) atoms. The summed E-state index contributed by atoms with van der Waals surface area (Å²) >= 11 is 0. The summed E-state index contributed by atoms with van der Waals surface area (Å²) in [5.41, 5.74) is 5.43. The van der Waals surface area contributed by atoms with Crippen LogP contribution in [0.15, 0.2) is 48.7 Å². The van der Waals surface area contributed by atoms with Crippen molar-refractivity contribution in [2.45, 2.75) is 0 Å². The molecule has 5 rings (SSSR count). The Morgan fingerprint density at radius 1 is 1.17 bits per heavy atom. The minimum absolute atomic E-state index is 0.851. The van der Waals surface area contributed by atoms with Crippen molar-refractivity contribution in [3.63, 3.8) is 0 Å². The molecule has 1 aliphatic rings. The lowest BCUT2D eigenvalue weighted by molar-refractivity contribution is -0.504. The normalized spacial score (nSPS) is 16.6. The van der Waals surface area contributed by atoms with E-state index >= 15 is 0 Å². The molecule has 4 aromatic rings. The lowest BCUT2D eigenvalue weighted by atomic mass is 10.0. The Morgan fingerprint density at radius 2 is 2.12 bits per heavy atom. The van der Waals surface area contributed by atoms with E-state index in [1.54, 1.807) is 0 Å². The average molecular weight is 317 g/mol. The Bertz CT molecular complexity index is 1060. The topological polar surface area (TPSA) is 61.5 Å². The van der Waals surface area contributed by atoms with Crippen LogP contribution in [0.2, 0.25) is 0 Å². The molecule has 0 spiro atoms. The van der Waals surface area contributed by atoms with Crippen LogP contribution in [-0.2, 0) is 0 Å². The first-order valence-corrected chi connectivity index (χ1v) is 8.10.